The Labute approximate surface area is 141 Å². The average molecular weight is 326 g/mol. The molecule has 0 bridgehead atoms. The molecule has 6 nitrogen and oxygen atoms in total. The van der Waals surface area contributed by atoms with E-state index >= 15 is 0 Å². The zero-order chi connectivity index (χ0) is 16.9. The predicted molar refractivity (Wildman–Crippen MR) is 92.7 cm³/mol. The van der Waals surface area contributed by atoms with Crippen molar-refractivity contribution in [1.29, 1.82) is 0 Å². The van der Waals surface area contributed by atoms with Crippen LogP contribution in [0.3, 0.4) is 0 Å². The first-order valence-corrected chi connectivity index (χ1v) is 8.27. The molecule has 1 N–H and O–H groups in total. The third-order valence-corrected chi connectivity index (χ3v) is 3.77. The molecule has 2 aromatic rings. The lowest BCUT2D eigenvalue weighted by atomic mass is 10.3. The van der Waals surface area contributed by atoms with Gasteiger partial charge >= 0.3 is 0 Å². The SMILES string of the molecule is CC(C)Oc1ccc(Nc2ncc(C(=O)N3CCCC3)cn2)cc1. The number of carbonyl (C=O) groups is 1. The molecule has 0 unspecified atom stereocenters. The van der Waals surface area contributed by atoms with Gasteiger partial charge in [0.15, 0.2) is 0 Å². The average Bonchev–Trinajstić information content (AvgIpc) is 3.11. The number of benzene rings is 1. The maximum Gasteiger partial charge on any atom is 0.256 e. The van der Waals surface area contributed by atoms with Crippen molar-refractivity contribution in [3.05, 3.63) is 42.2 Å². The van der Waals surface area contributed by atoms with E-state index in [1.807, 2.05) is 43.0 Å². The second kappa shape index (κ2) is 7.29. The van der Waals surface area contributed by atoms with Crippen LogP contribution in [0.25, 0.3) is 0 Å². The highest BCUT2D eigenvalue weighted by Gasteiger charge is 2.19. The third-order valence-electron chi connectivity index (χ3n) is 3.77. The van der Waals surface area contributed by atoms with Crippen LogP contribution in [0.1, 0.15) is 37.0 Å². The molecule has 1 aromatic carbocycles. The van der Waals surface area contributed by atoms with Crippen molar-refractivity contribution in [2.75, 3.05) is 18.4 Å². The molecule has 0 spiro atoms. The van der Waals surface area contributed by atoms with Gasteiger partial charge in [-0.05, 0) is 51.0 Å². The van der Waals surface area contributed by atoms with E-state index in [2.05, 4.69) is 15.3 Å². The van der Waals surface area contributed by atoms with Crippen LogP contribution in [-0.4, -0.2) is 40.0 Å². The molecule has 0 atom stereocenters. The summed E-state index contributed by atoms with van der Waals surface area (Å²) in [6, 6.07) is 7.61. The Morgan fingerprint density at radius 2 is 1.75 bits per heavy atom. The molecule has 2 heterocycles. The van der Waals surface area contributed by atoms with Gasteiger partial charge in [-0.1, -0.05) is 0 Å². The maximum absolute atomic E-state index is 12.3. The van der Waals surface area contributed by atoms with Gasteiger partial charge in [0, 0.05) is 31.2 Å². The summed E-state index contributed by atoms with van der Waals surface area (Å²) >= 11 is 0. The van der Waals surface area contributed by atoms with Crippen LogP contribution in [0.4, 0.5) is 11.6 Å². The highest BCUT2D eigenvalue weighted by Crippen LogP contribution is 2.19. The summed E-state index contributed by atoms with van der Waals surface area (Å²) in [5.74, 6) is 1.29. The molecule has 1 aliphatic rings. The summed E-state index contributed by atoms with van der Waals surface area (Å²) in [5, 5.41) is 3.12. The fourth-order valence-corrected chi connectivity index (χ4v) is 2.62. The largest absolute Gasteiger partial charge is 0.491 e. The quantitative estimate of drug-likeness (QED) is 0.913. The summed E-state index contributed by atoms with van der Waals surface area (Å²) in [7, 11) is 0. The van der Waals surface area contributed by atoms with E-state index in [9.17, 15) is 4.79 Å². The zero-order valence-electron chi connectivity index (χ0n) is 14.0. The molecule has 6 heteroatoms. The molecular weight excluding hydrogens is 304 g/mol. The Morgan fingerprint density at radius 3 is 2.33 bits per heavy atom. The van der Waals surface area contributed by atoms with Crippen LogP contribution in [0, 0.1) is 0 Å². The number of likely N-dealkylation sites (tertiary alicyclic amines) is 1. The number of carbonyl (C=O) groups excluding carboxylic acids is 1. The van der Waals surface area contributed by atoms with Gasteiger partial charge in [-0.15, -0.1) is 0 Å². The highest BCUT2D eigenvalue weighted by molar-refractivity contribution is 5.93. The molecule has 0 saturated carbocycles. The van der Waals surface area contributed by atoms with Crippen molar-refractivity contribution < 1.29 is 9.53 Å². The van der Waals surface area contributed by atoms with Crippen LogP contribution in [0.15, 0.2) is 36.7 Å². The minimum atomic E-state index is 0.00855. The van der Waals surface area contributed by atoms with Crippen LogP contribution in [0.2, 0.25) is 0 Å². The van der Waals surface area contributed by atoms with Crippen molar-refractivity contribution in [2.45, 2.75) is 32.8 Å². The summed E-state index contributed by atoms with van der Waals surface area (Å²) in [4.78, 5) is 22.6. The molecule has 3 rings (SSSR count). The van der Waals surface area contributed by atoms with Crippen LogP contribution < -0.4 is 10.1 Å². The first kappa shape index (κ1) is 16.2. The number of hydrogen-bond donors (Lipinski definition) is 1. The van der Waals surface area contributed by atoms with Gasteiger partial charge in [0.2, 0.25) is 5.95 Å². The Balaban J connectivity index is 1.62. The summed E-state index contributed by atoms with van der Waals surface area (Å²) in [6.45, 7) is 5.63. The predicted octanol–water partition coefficient (Wildman–Crippen LogP) is 3.24. The van der Waals surface area contributed by atoms with Gasteiger partial charge < -0.3 is 15.0 Å². The number of aromatic nitrogens is 2. The second-order valence-electron chi connectivity index (χ2n) is 6.11. The van der Waals surface area contributed by atoms with E-state index in [1.165, 1.54) is 0 Å². The lowest BCUT2D eigenvalue weighted by Crippen LogP contribution is -2.27. The number of hydrogen-bond acceptors (Lipinski definition) is 5. The van der Waals surface area contributed by atoms with E-state index < -0.39 is 0 Å². The van der Waals surface area contributed by atoms with E-state index in [1.54, 1.807) is 12.4 Å². The zero-order valence-corrected chi connectivity index (χ0v) is 14.0. The molecule has 0 aliphatic carbocycles. The molecule has 1 aromatic heterocycles. The van der Waals surface area contributed by atoms with E-state index in [-0.39, 0.29) is 12.0 Å². The van der Waals surface area contributed by atoms with Gasteiger partial charge in [-0.3, -0.25) is 4.79 Å². The fourth-order valence-electron chi connectivity index (χ4n) is 2.62. The van der Waals surface area contributed by atoms with Crippen molar-refractivity contribution in [2.24, 2.45) is 0 Å². The molecule has 24 heavy (non-hydrogen) atoms. The monoisotopic (exact) mass is 326 g/mol. The van der Waals surface area contributed by atoms with Gasteiger partial charge in [-0.2, -0.15) is 0 Å². The standard InChI is InChI=1S/C18H22N4O2/c1-13(2)24-16-7-5-15(6-8-16)21-18-19-11-14(12-20-18)17(23)22-9-3-4-10-22/h5-8,11-13H,3-4,9-10H2,1-2H3,(H,19,20,21). The summed E-state index contributed by atoms with van der Waals surface area (Å²) in [5.41, 5.74) is 1.40. The number of rotatable bonds is 5. The summed E-state index contributed by atoms with van der Waals surface area (Å²) < 4.78 is 5.61. The summed E-state index contributed by atoms with van der Waals surface area (Å²) in [6.07, 6.45) is 5.44. The van der Waals surface area contributed by atoms with Gasteiger partial charge in [0.25, 0.3) is 5.91 Å². The van der Waals surface area contributed by atoms with Gasteiger partial charge in [-0.25, -0.2) is 9.97 Å². The molecule has 126 valence electrons. The molecule has 1 aliphatic heterocycles. The van der Waals surface area contributed by atoms with Crippen molar-refractivity contribution in [3.8, 4) is 5.75 Å². The Kier molecular flexibility index (Phi) is 4.93. The van der Waals surface area contributed by atoms with Crippen LogP contribution in [-0.2, 0) is 0 Å². The molecular formula is C18H22N4O2. The normalized spacial score (nSPS) is 14.0. The molecule has 1 amide bonds. The molecule has 1 fully saturated rings. The van der Waals surface area contributed by atoms with Crippen LogP contribution in [0.5, 0.6) is 5.75 Å². The lowest BCUT2D eigenvalue weighted by Gasteiger charge is -2.14. The second-order valence-corrected chi connectivity index (χ2v) is 6.11. The Bertz CT molecular complexity index is 677. The third kappa shape index (κ3) is 4.01. The number of nitrogens with zero attached hydrogens (tertiary/aromatic N) is 3. The fraction of sp³-hybridized carbons (Fsp3) is 0.389. The Morgan fingerprint density at radius 1 is 1.12 bits per heavy atom. The number of amides is 1. The van der Waals surface area contributed by atoms with E-state index in [4.69, 9.17) is 4.74 Å². The number of anilines is 2. The van der Waals surface area contributed by atoms with E-state index in [0.29, 0.717) is 11.5 Å². The Hall–Kier alpha value is -2.63. The molecule has 0 radical (unpaired) electrons. The van der Waals surface area contributed by atoms with Crippen molar-refractivity contribution >= 4 is 17.5 Å². The van der Waals surface area contributed by atoms with Gasteiger partial charge in [0.05, 0.1) is 11.7 Å². The molecule has 1 saturated heterocycles. The lowest BCUT2D eigenvalue weighted by molar-refractivity contribution is 0.0792. The highest BCUT2D eigenvalue weighted by atomic mass is 16.5. The van der Waals surface area contributed by atoms with E-state index in [0.717, 1.165) is 37.4 Å². The van der Waals surface area contributed by atoms with Crippen LogP contribution >= 0.6 is 0 Å². The minimum absolute atomic E-state index is 0.00855. The minimum Gasteiger partial charge on any atom is -0.491 e. The number of nitrogens with one attached hydrogen (secondary N) is 1. The first-order valence-electron chi connectivity index (χ1n) is 8.27. The van der Waals surface area contributed by atoms with Gasteiger partial charge in [0.1, 0.15) is 5.75 Å². The van der Waals surface area contributed by atoms with Crippen molar-refractivity contribution in [3.63, 3.8) is 0 Å². The topological polar surface area (TPSA) is 67.3 Å². The number of ether oxygens (including phenoxy) is 1. The maximum atomic E-state index is 12.3. The first-order chi connectivity index (χ1) is 11.6. The van der Waals surface area contributed by atoms with Crippen molar-refractivity contribution in [1.82, 2.24) is 14.9 Å². The smallest absolute Gasteiger partial charge is 0.256 e.